The molecule has 17 heavy (non-hydrogen) atoms. The van der Waals surface area contributed by atoms with Gasteiger partial charge in [-0.2, -0.15) is 0 Å². The highest BCUT2D eigenvalue weighted by Crippen LogP contribution is 2.14. The minimum absolute atomic E-state index is 0.122. The van der Waals surface area contributed by atoms with Crippen LogP contribution in [0.2, 0.25) is 0 Å². The van der Waals surface area contributed by atoms with Crippen molar-refractivity contribution in [1.29, 1.82) is 0 Å². The third-order valence-electron chi connectivity index (χ3n) is 2.31. The standard InChI is InChI=1S/C12H19N3O2/c1-10(2)13-8-3-9-14-11-4-6-12(7-5-11)15(16)17/h4-7,10,13-14H,3,8-9H2,1-2H3. The number of hydrogen-bond acceptors (Lipinski definition) is 4. The number of nitrogens with one attached hydrogen (secondary N) is 2. The summed E-state index contributed by atoms with van der Waals surface area (Å²) >= 11 is 0. The van der Waals surface area contributed by atoms with Gasteiger partial charge in [-0.25, -0.2) is 0 Å². The lowest BCUT2D eigenvalue weighted by Gasteiger charge is -2.09. The zero-order valence-corrected chi connectivity index (χ0v) is 10.3. The van der Waals surface area contributed by atoms with Crippen LogP contribution >= 0.6 is 0 Å². The lowest BCUT2D eigenvalue weighted by Crippen LogP contribution is -2.25. The monoisotopic (exact) mass is 237 g/mol. The summed E-state index contributed by atoms with van der Waals surface area (Å²) in [5.41, 5.74) is 1.04. The Morgan fingerprint density at radius 1 is 1.24 bits per heavy atom. The van der Waals surface area contributed by atoms with Gasteiger partial charge in [0.05, 0.1) is 4.92 Å². The molecule has 0 saturated heterocycles. The van der Waals surface area contributed by atoms with Gasteiger partial charge in [0, 0.05) is 30.4 Å². The Balaban J connectivity index is 2.25. The Morgan fingerprint density at radius 3 is 2.41 bits per heavy atom. The molecule has 0 radical (unpaired) electrons. The molecule has 0 heterocycles. The molecule has 0 aliphatic rings. The molecule has 0 aromatic heterocycles. The van der Waals surface area contributed by atoms with Gasteiger partial charge in [-0.3, -0.25) is 10.1 Å². The zero-order valence-electron chi connectivity index (χ0n) is 10.3. The number of rotatable bonds is 7. The molecule has 0 unspecified atom stereocenters. The molecule has 0 amide bonds. The zero-order chi connectivity index (χ0) is 12.7. The number of anilines is 1. The second kappa shape index (κ2) is 6.85. The fourth-order valence-electron chi connectivity index (χ4n) is 1.41. The van der Waals surface area contributed by atoms with E-state index >= 15 is 0 Å². The van der Waals surface area contributed by atoms with Crippen molar-refractivity contribution in [2.45, 2.75) is 26.3 Å². The highest BCUT2D eigenvalue weighted by Gasteiger charge is 2.02. The topological polar surface area (TPSA) is 67.2 Å². The van der Waals surface area contributed by atoms with Crippen molar-refractivity contribution in [1.82, 2.24) is 5.32 Å². The average molecular weight is 237 g/mol. The van der Waals surface area contributed by atoms with Crippen molar-refractivity contribution in [3.63, 3.8) is 0 Å². The van der Waals surface area contributed by atoms with Crippen LogP contribution in [0.4, 0.5) is 11.4 Å². The highest BCUT2D eigenvalue weighted by atomic mass is 16.6. The fourth-order valence-corrected chi connectivity index (χ4v) is 1.41. The van der Waals surface area contributed by atoms with E-state index in [1.54, 1.807) is 12.1 Å². The van der Waals surface area contributed by atoms with Crippen LogP contribution in [0.5, 0.6) is 0 Å². The number of nitro benzene ring substituents is 1. The molecule has 0 bridgehead atoms. The second-order valence-corrected chi connectivity index (χ2v) is 4.19. The molecule has 0 spiro atoms. The van der Waals surface area contributed by atoms with Crippen LogP contribution in [0.15, 0.2) is 24.3 Å². The first kappa shape index (κ1) is 13.4. The summed E-state index contributed by atoms with van der Waals surface area (Å²) in [6, 6.07) is 6.99. The van der Waals surface area contributed by atoms with Gasteiger partial charge in [-0.05, 0) is 25.1 Å². The first-order chi connectivity index (χ1) is 8.09. The smallest absolute Gasteiger partial charge is 0.269 e. The van der Waals surface area contributed by atoms with Crippen molar-refractivity contribution in [2.75, 3.05) is 18.4 Å². The fraction of sp³-hybridized carbons (Fsp3) is 0.500. The minimum Gasteiger partial charge on any atom is -0.385 e. The Hall–Kier alpha value is -1.62. The van der Waals surface area contributed by atoms with Gasteiger partial charge in [-0.15, -0.1) is 0 Å². The molecule has 0 atom stereocenters. The molecule has 94 valence electrons. The lowest BCUT2D eigenvalue weighted by atomic mass is 10.2. The number of benzene rings is 1. The van der Waals surface area contributed by atoms with Crippen LogP contribution in [0, 0.1) is 10.1 Å². The Labute approximate surface area is 101 Å². The molecule has 1 aromatic rings. The quantitative estimate of drug-likeness (QED) is 0.434. The molecule has 5 heteroatoms. The van der Waals surface area contributed by atoms with Crippen molar-refractivity contribution in [3.05, 3.63) is 34.4 Å². The van der Waals surface area contributed by atoms with Gasteiger partial charge in [-0.1, -0.05) is 13.8 Å². The highest BCUT2D eigenvalue weighted by molar-refractivity contribution is 5.48. The number of non-ortho nitro benzene ring substituents is 1. The van der Waals surface area contributed by atoms with Crippen LogP contribution in [0.1, 0.15) is 20.3 Å². The van der Waals surface area contributed by atoms with Crippen LogP contribution in [-0.4, -0.2) is 24.1 Å². The van der Waals surface area contributed by atoms with Gasteiger partial charge < -0.3 is 10.6 Å². The molecule has 5 nitrogen and oxygen atoms in total. The van der Waals surface area contributed by atoms with Gasteiger partial charge in [0.2, 0.25) is 0 Å². The van der Waals surface area contributed by atoms with E-state index in [2.05, 4.69) is 24.5 Å². The SMILES string of the molecule is CC(C)NCCCNc1ccc([N+](=O)[O-])cc1. The third kappa shape index (κ3) is 5.31. The minimum atomic E-state index is -0.393. The maximum absolute atomic E-state index is 10.5. The molecule has 0 aliphatic heterocycles. The Morgan fingerprint density at radius 2 is 1.88 bits per heavy atom. The first-order valence-corrected chi connectivity index (χ1v) is 5.81. The normalized spacial score (nSPS) is 10.5. The van der Waals surface area contributed by atoms with E-state index in [1.165, 1.54) is 12.1 Å². The van der Waals surface area contributed by atoms with Crippen molar-refractivity contribution in [3.8, 4) is 0 Å². The number of nitrogens with zero attached hydrogens (tertiary/aromatic N) is 1. The Bertz CT molecular complexity index is 349. The van der Waals surface area contributed by atoms with Crippen LogP contribution in [-0.2, 0) is 0 Å². The number of hydrogen-bond donors (Lipinski definition) is 2. The lowest BCUT2D eigenvalue weighted by molar-refractivity contribution is -0.384. The van der Waals surface area contributed by atoms with E-state index < -0.39 is 4.92 Å². The predicted octanol–water partition coefficient (Wildman–Crippen LogP) is 2.39. The summed E-state index contributed by atoms with van der Waals surface area (Å²) in [4.78, 5) is 10.1. The van der Waals surface area contributed by atoms with Gasteiger partial charge >= 0.3 is 0 Å². The molecule has 1 rings (SSSR count). The molecule has 0 saturated carbocycles. The van der Waals surface area contributed by atoms with Crippen LogP contribution in [0.25, 0.3) is 0 Å². The Kier molecular flexibility index (Phi) is 5.42. The van der Waals surface area contributed by atoms with Crippen molar-refractivity contribution < 1.29 is 4.92 Å². The van der Waals surface area contributed by atoms with E-state index in [-0.39, 0.29) is 5.69 Å². The summed E-state index contributed by atoms with van der Waals surface area (Å²) < 4.78 is 0. The summed E-state index contributed by atoms with van der Waals surface area (Å²) in [6.45, 7) is 6.06. The first-order valence-electron chi connectivity index (χ1n) is 5.81. The summed E-state index contributed by atoms with van der Waals surface area (Å²) in [6.07, 6.45) is 1.02. The van der Waals surface area contributed by atoms with Gasteiger partial charge in [0.1, 0.15) is 0 Å². The van der Waals surface area contributed by atoms with E-state index in [0.29, 0.717) is 6.04 Å². The maximum Gasteiger partial charge on any atom is 0.269 e. The van der Waals surface area contributed by atoms with E-state index in [9.17, 15) is 10.1 Å². The van der Waals surface area contributed by atoms with Crippen molar-refractivity contribution >= 4 is 11.4 Å². The summed E-state index contributed by atoms with van der Waals surface area (Å²) in [5.74, 6) is 0. The maximum atomic E-state index is 10.5. The summed E-state index contributed by atoms with van der Waals surface area (Å²) in [7, 11) is 0. The molecular weight excluding hydrogens is 218 g/mol. The predicted molar refractivity (Wildman–Crippen MR) is 69.3 cm³/mol. The van der Waals surface area contributed by atoms with Crippen molar-refractivity contribution in [2.24, 2.45) is 0 Å². The van der Waals surface area contributed by atoms with Gasteiger partial charge in [0.15, 0.2) is 0 Å². The van der Waals surface area contributed by atoms with E-state index in [4.69, 9.17) is 0 Å². The van der Waals surface area contributed by atoms with Crippen LogP contribution in [0.3, 0.4) is 0 Å². The molecule has 2 N–H and O–H groups in total. The largest absolute Gasteiger partial charge is 0.385 e. The third-order valence-corrected chi connectivity index (χ3v) is 2.31. The summed E-state index contributed by atoms with van der Waals surface area (Å²) in [5, 5.41) is 17.0. The van der Waals surface area contributed by atoms with E-state index in [1.807, 2.05) is 0 Å². The van der Waals surface area contributed by atoms with E-state index in [0.717, 1.165) is 25.2 Å². The van der Waals surface area contributed by atoms with Gasteiger partial charge in [0.25, 0.3) is 5.69 Å². The second-order valence-electron chi connectivity index (χ2n) is 4.19. The molecular formula is C12H19N3O2. The van der Waals surface area contributed by atoms with Crippen LogP contribution < -0.4 is 10.6 Å². The number of nitro groups is 1. The molecule has 0 fully saturated rings. The molecule has 1 aromatic carbocycles. The molecule has 0 aliphatic carbocycles. The average Bonchev–Trinajstić information content (AvgIpc) is 2.29.